The molecule has 0 radical (unpaired) electrons. The Labute approximate surface area is 119 Å². The van der Waals surface area contributed by atoms with Gasteiger partial charge in [0.25, 0.3) is 5.91 Å². The third kappa shape index (κ3) is 3.00. The van der Waals surface area contributed by atoms with Gasteiger partial charge in [0.05, 0.1) is 19.3 Å². The lowest BCUT2D eigenvalue weighted by atomic mass is 10.3. The first kappa shape index (κ1) is 14.1. The van der Waals surface area contributed by atoms with Crippen molar-refractivity contribution in [3.05, 3.63) is 23.2 Å². The van der Waals surface area contributed by atoms with E-state index in [0.717, 1.165) is 4.90 Å². The molecule has 8 heteroatoms. The van der Waals surface area contributed by atoms with Crippen LogP contribution in [0.2, 0.25) is 5.02 Å². The van der Waals surface area contributed by atoms with E-state index in [0.29, 0.717) is 16.5 Å². The number of rotatable bonds is 4. The molecule has 1 aromatic carbocycles. The highest BCUT2D eigenvalue weighted by Gasteiger charge is 2.30. The van der Waals surface area contributed by atoms with Gasteiger partial charge in [0.1, 0.15) is 12.3 Å². The average Bonchev–Trinajstić information content (AvgIpc) is 2.71. The second-order valence-corrected chi connectivity index (χ2v) is 4.47. The molecule has 1 aromatic rings. The van der Waals surface area contributed by atoms with Gasteiger partial charge >= 0.3 is 6.03 Å². The molecule has 1 heterocycles. The topological polar surface area (TPSA) is 87.7 Å². The number of benzene rings is 1. The number of hydrogen-bond acceptors (Lipinski definition) is 4. The summed E-state index contributed by atoms with van der Waals surface area (Å²) in [7, 11) is 1.45. The van der Waals surface area contributed by atoms with Crippen molar-refractivity contribution in [1.29, 1.82) is 0 Å². The van der Waals surface area contributed by atoms with Crippen LogP contribution in [0.5, 0.6) is 5.75 Å². The molecule has 7 nitrogen and oxygen atoms in total. The molecule has 1 aliphatic rings. The van der Waals surface area contributed by atoms with E-state index in [4.69, 9.17) is 16.3 Å². The minimum Gasteiger partial charge on any atom is -0.495 e. The number of methoxy groups -OCH3 is 1. The van der Waals surface area contributed by atoms with E-state index in [9.17, 15) is 14.4 Å². The maximum atomic E-state index is 11.9. The lowest BCUT2D eigenvalue weighted by Crippen LogP contribution is -2.38. The predicted molar refractivity (Wildman–Crippen MR) is 71.7 cm³/mol. The van der Waals surface area contributed by atoms with E-state index in [1.54, 1.807) is 12.1 Å². The van der Waals surface area contributed by atoms with Gasteiger partial charge < -0.3 is 15.4 Å². The Balaban J connectivity index is 2.06. The van der Waals surface area contributed by atoms with Crippen LogP contribution in [0.1, 0.15) is 0 Å². The Morgan fingerprint density at radius 3 is 2.85 bits per heavy atom. The van der Waals surface area contributed by atoms with Gasteiger partial charge in [-0.3, -0.25) is 14.5 Å². The highest BCUT2D eigenvalue weighted by atomic mass is 35.5. The lowest BCUT2D eigenvalue weighted by Gasteiger charge is -2.14. The molecule has 1 saturated heterocycles. The van der Waals surface area contributed by atoms with E-state index in [-0.39, 0.29) is 13.1 Å². The molecule has 0 bridgehead atoms. The van der Waals surface area contributed by atoms with Crippen molar-refractivity contribution in [3.63, 3.8) is 0 Å². The summed E-state index contributed by atoms with van der Waals surface area (Å²) < 4.78 is 5.08. The molecule has 0 aromatic heterocycles. The SMILES string of the molecule is COc1ccc(Cl)cc1NC(=O)CN1C(=O)CNC1=O. The summed E-state index contributed by atoms with van der Waals surface area (Å²) in [6.07, 6.45) is 0. The normalized spacial score (nSPS) is 14.2. The third-order valence-corrected chi connectivity index (χ3v) is 2.91. The number of carbonyl (C=O) groups is 3. The molecule has 1 fully saturated rings. The van der Waals surface area contributed by atoms with Crippen molar-refractivity contribution >= 4 is 35.1 Å². The Morgan fingerprint density at radius 2 is 2.25 bits per heavy atom. The molecule has 4 amide bonds. The van der Waals surface area contributed by atoms with Crippen LogP contribution in [0.15, 0.2) is 18.2 Å². The third-order valence-electron chi connectivity index (χ3n) is 2.67. The molecule has 2 rings (SSSR count). The summed E-state index contributed by atoms with van der Waals surface area (Å²) in [5, 5.41) is 5.31. The Morgan fingerprint density at radius 1 is 1.50 bits per heavy atom. The molecule has 106 valence electrons. The number of hydrogen-bond donors (Lipinski definition) is 2. The van der Waals surface area contributed by atoms with Crippen LogP contribution in [-0.2, 0) is 9.59 Å². The van der Waals surface area contributed by atoms with Gasteiger partial charge in [-0.25, -0.2) is 4.79 Å². The molecule has 0 atom stereocenters. The highest BCUT2D eigenvalue weighted by Crippen LogP contribution is 2.27. The molecule has 20 heavy (non-hydrogen) atoms. The monoisotopic (exact) mass is 297 g/mol. The number of nitrogens with zero attached hydrogens (tertiary/aromatic N) is 1. The summed E-state index contributed by atoms with van der Waals surface area (Å²) in [5.41, 5.74) is 0.372. The second-order valence-electron chi connectivity index (χ2n) is 4.03. The zero-order chi connectivity index (χ0) is 14.7. The summed E-state index contributed by atoms with van der Waals surface area (Å²) in [5.74, 6) is -0.529. The van der Waals surface area contributed by atoms with Gasteiger partial charge in [-0.1, -0.05) is 11.6 Å². The van der Waals surface area contributed by atoms with E-state index < -0.39 is 17.8 Å². The van der Waals surface area contributed by atoms with Gasteiger partial charge in [-0.15, -0.1) is 0 Å². The fourth-order valence-electron chi connectivity index (χ4n) is 1.73. The molecule has 1 aliphatic heterocycles. The maximum absolute atomic E-state index is 11.9. The molecule has 0 spiro atoms. The Kier molecular flexibility index (Phi) is 4.09. The summed E-state index contributed by atoms with van der Waals surface area (Å²) in [6, 6.07) is 4.16. The largest absolute Gasteiger partial charge is 0.495 e. The maximum Gasteiger partial charge on any atom is 0.325 e. The fourth-order valence-corrected chi connectivity index (χ4v) is 1.90. The van der Waals surface area contributed by atoms with Gasteiger partial charge in [0.2, 0.25) is 5.91 Å². The lowest BCUT2D eigenvalue weighted by molar-refractivity contribution is -0.128. The molecule has 0 saturated carbocycles. The zero-order valence-electron chi connectivity index (χ0n) is 10.6. The molecular weight excluding hydrogens is 286 g/mol. The number of carbonyl (C=O) groups excluding carboxylic acids is 3. The minimum atomic E-state index is -0.580. The van der Waals surface area contributed by atoms with Crippen LogP contribution in [-0.4, -0.2) is 42.9 Å². The number of anilines is 1. The predicted octanol–water partition coefficient (Wildman–Crippen LogP) is 0.839. The van der Waals surface area contributed by atoms with Gasteiger partial charge in [0, 0.05) is 5.02 Å². The minimum absolute atomic E-state index is 0.0907. The van der Waals surface area contributed by atoms with Crippen molar-refractivity contribution in [1.82, 2.24) is 10.2 Å². The number of halogens is 1. The summed E-state index contributed by atoms with van der Waals surface area (Å²) >= 11 is 5.84. The van der Waals surface area contributed by atoms with Gasteiger partial charge in [0.15, 0.2) is 0 Å². The van der Waals surface area contributed by atoms with E-state index >= 15 is 0 Å². The van der Waals surface area contributed by atoms with Crippen LogP contribution >= 0.6 is 11.6 Å². The molecular formula is C12H12ClN3O4. The first-order chi connectivity index (χ1) is 9.51. The van der Waals surface area contributed by atoms with Crippen LogP contribution < -0.4 is 15.4 Å². The fraction of sp³-hybridized carbons (Fsp3) is 0.250. The van der Waals surface area contributed by atoms with Crippen molar-refractivity contribution < 1.29 is 19.1 Å². The van der Waals surface area contributed by atoms with E-state index in [1.165, 1.54) is 13.2 Å². The van der Waals surface area contributed by atoms with Crippen molar-refractivity contribution in [2.45, 2.75) is 0 Å². The molecule has 0 aliphatic carbocycles. The first-order valence-corrected chi connectivity index (χ1v) is 6.10. The number of imide groups is 1. The highest BCUT2D eigenvalue weighted by molar-refractivity contribution is 6.31. The number of amides is 4. The van der Waals surface area contributed by atoms with E-state index in [1.807, 2.05) is 0 Å². The first-order valence-electron chi connectivity index (χ1n) is 5.73. The van der Waals surface area contributed by atoms with Crippen molar-refractivity contribution in [2.75, 3.05) is 25.5 Å². The molecule has 0 unspecified atom stereocenters. The van der Waals surface area contributed by atoms with Crippen molar-refractivity contribution in [2.24, 2.45) is 0 Å². The number of nitrogens with one attached hydrogen (secondary N) is 2. The second kappa shape index (κ2) is 5.79. The number of urea groups is 1. The quantitative estimate of drug-likeness (QED) is 0.806. The van der Waals surface area contributed by atoms with Crippen LogP contribution in [0, 0.1) is 0 Å². The average molecular weight is 298 g/mol. The van der Waals surface area contributed by atoms with E-state index in [2.05, 4.69) is 10.6 Å². The molecule has 2 N–H and O–H groups in total. The van der Waals surface area contributed by atoms with Gasteiger partial charge in [-0.05, 0) is 18.2 Å². The van der Waals surface area contributed by atoms with Gasteiger partial charge in [-0.2, -0.15) is 0 Å². The summed E-state index contributed by atoms with van der Waals surface area (Å²) in [6.45, 7) is -0.451. The smallest absolute Gasteiger partial charge is 0.325 e. The van der Waals surface area contributed by atoms with Crippen LogP contribution in [0.25, 0.3) is 0 Å². The summed E-state index contributed by atoms with van der Waals surface area (Å²) in [4.78, 5) is 35.4. The van der Waals surface area contributed by atoms with Crippen LogP contribution in [0.4, 0.5) is 10.5 Å². The Bertz CT molecular complexity index is 560. The Hall–Kier alpha value is -2.28. The zero-order valence-corrected chi connectivity index (χ0v) is 11.4. The van der Waals surface area contributed by atoms with Crippen LogP contribution in [0.3, 0.4) is 0 Å². The standard InChI is InChI=1S/C12H12ClN3O4/c1-20-9-3-2-7(13)4-8(9)15-10(17)6-16-11(18)5-14-12(16)19/h2-4H,5-6H2,1H3,(H,14,19)(H,15,17). The number of ether oxygens (including phenoxy) is 1. The van der Waals surface area contributed by atoms with Crippen molar-refractivity contribution in [3.8, 4) is 5.75 Å².